The third kappa shape index (κ3) is 3.03. The monoisotopic (exact) mass is 114 g/mol. The van der Waals surface area contributed by atoms with E-state index in [2.05, 4.69) is 20.8 Å². The maximum absolute atomic E-state index is 5.69. The molecule has 1 nitrogen and oxygen atoms in total. The van der Waals surface area contributed by atoms with Crippen molar-refractivity contribution in [1.29, 1.82) is 0 Å². The summed E-state index contributed by atoms with van der Waals surface area (Å²) in [7, 11) is 0. The molecule has 0 aliphatic rings. The van der Waals surface area contributed by atoms with Crippen LogP contribution in [0.2, 0.25) is 0 Å². The number of nitrogens with two attached hydrogens (primary N) is 1. The second-order valence-electron chi connectivity index (χ2n) is 2.55. The molecule has 0 saturated heterocycles. The SMILES string of the molecule is [CH2]CCC(N)C(C)C. The molecular formula is C7H16N. The molecule has 1 radical (unpaired) electrons. The Morgan fingerprint density at radius 2 is 2.00 bits per heavy atom. The van der Waals surface area contributed by atoms with E-state index in [9.17, 15) is 0 Å². The first kappa shape index (κ1) is 7.96. The van der Waals surface area contributed by atoms with E-state index < -0.39 is 0 Å². The molecule has 1 unspecified atom stereocenters. The number of hydrogen-bond donors (Lipinski definition) is 1. The molecule has 2 N–H and O–H groups in total. The minimum Gasteiger partial charge on any atom is -0.327 e. The molecule has 1 atom stereocenters. The van der Waals surface area contributed by atoms with Crippen LogP contribution in [-0.4, -0.2) is 6.04 Å². The van der Waals surface area contributed by atoms with Gasteiger partial charge in [0.1, 0.15) is 0 Å². The summed E-state index contributed by atoms with van der Waals surface area (Å²) in [5, 5.41) is 0. The third-order valence-corrected chi connectivity index (χ3v) is 1.39. The highest BCUT2D eigenvalue weighted by Crippen LogP contribution is 2.03. The molecule has 0 bridgehead atoms. The van der Waals surface area contributed by atoms with Crippen molar-refractivity contribution in [3.05, 3.63) is 6.92 Å². The van der Waals surface area contributed by atoms with Crippen molar-refractivity contribution >= 4 is 0 Å². The molecule has 0 spiro atoms. The second-order valence-corrected chi connectivity index (χ2v) is 2.55. The summed E-state index contributed by atoms with van der Waals surface area (Å²) in [4.78, 5) is 0. The van der Waals surface area contributed by atoms with E-state index in [4.69, 9.17) is 5.73 Å². The first-order valence-electron chi connectivity index (χ1n) is 3.23. The summed E-state index contributed by atoms with van der Waals surface area (Å²) in [5.74, 6) is 0.608. The molecule has 0 amide bonds. The molecule has 0 heterocycles. The molecule has 1 heteroatoms. The van der Waals surface area contributed by atoms with Crippen LogP contribution in [0.5, 0.6) is 0 Å². The number of rotatable bonds is 3. The predicted molar refractivity (Wildman–Crippen MR) is 37.4 cm³/mol. The Bertz CT molecular complexity index is 50.3. The number of hydrogen-bond acceptors (Lipinski definition) is 1. The Hall–Kier alpha value is -0.0400. The van der Waals surface area contributed by atoms with Gasteiger partial charge < -0.3 is 5.73 Å². The van der Waals surface area contributed by atoms with Crippen molar-refractivity contribution < 1.29 is 0 Å². The van der Waals surface area contributed by atoms with E-state index in [-0.39, 0.29) is 0 Å². The Balaban J connectivity index is 3.17. The quantitative estimate of drug-likeness (QED) is 0.592. The predicted octanol–water partition coefficient (Wildman–Crippen LogP) is 1.58. The van der Waals surface area contributed by atoms with E-state index in [1.54, 1.807) is 0 Å². The molecule has 0 aliphatic carbocycles. The Morgan fingerprint density at radius 1 is 1.50 bits per heavy atom. The lowest BCUT2D eigenvalue weighted by Gasteiger charge is -2.12. The Kier molecular flexibility index (Phi) is 3.88. The van der Waals surface area contributed by atoms with Crippen LogP contribution in [-0.2, 0) is 0 Å². The molecule has 0 aromatic rings. The molecule has 0 aromatic heterocycles. The van der Waals surface area contributed by atoms with E-state index >= 15 is 0 Å². The van der Waals surface area contributed by atoms with Crippen LogP contribution in [0, 0.1) is 12.8 Å². The summed E-state index contributed by atoms with van der Waals surface area (Å²) in [6.07, 6.45) is 2.01. The van der Waals surface area contributed by atoms with Crippen LogP contribution in [0.15, 0.2) is 0 Å². The molecule has 0 aliphatic heterocycles. The Labute approximate surface area is 52.3 Å². The van der Waals surface area contributed by atoms with Gasteiger partial charge in [0.15, 0.2) is 0 Å². The first-order chi connectivity index (χ1) is 3.68. The summed E-state index contributed by atoms with van der Waals surface area (Å²) < 4.78 is 0. The highest BCUT2D eigenvalue weighted by molar-refractivity contribution is 4.64. The van der Waals surface area contributed by atoms with Crippen LogP contribution in [0.4, 0.5) is 0 Å². The van der Waals surface area contributed by atoms with Crippen molar-refractivity contribution in [2.45, 2.75) is 32.7 Å². The van der Waals surface area contributed by atoms with Crippen molar-refractivity contribution in [2.75, 3.05) is 0 Å². The van der Waals surface area contributed by atoms with Gasteiger partial charge in [0, 0.05) is 6.04 Å². The van der Waals surface area contributed by atoms with Gasteiger partial charge in [-0.3, -0.25) is 0 Å². The lowest BCUT2D eigenvalue weighted by molar-refractivity contribution is 0.467. The zero-order valence-electron chi connectivity index (χ0n) is 5.85. The van der Waals surface area contributed by atoms with Gasteiger partial charge in [0.25, 0.3) is 0 Å². The maximum Gasteiger partial charge on any atom is 0.00618 e. The highest BCUT2D eigenvalue weighted by Gasteiger charge is 2.03. The van der Waals surface area contributed by atoms with Crippen LogP contribution >= 0.6 is 0 Å². The van der Waals surface area contributed by atoms with Gasteiger partial charge in [0.2, 0.25) is 0 Å². The average molecular weight is 114 g/mol. The van der Waals surface area contributed by atoms with Crippen LogP contribution < -0.4 is 5.73 Å². The van der Waals surface area contributed by atoms with Gasteiger partial charge in [-0.25, -0.2) is 0 Å². The largest absolute Gasteiger partial charge is 0.327 e. The molecule has 49 valence electrons. The highest BCUT2D eigenvalue weighted by atomic mass is 14.6. The topological polar surface area (TPSA) is 26.0 Å². The van der Waals surface area contributed by atoms with Gasteiger partial charge in [-0.2, -0.15) is 0 Å². The van der Waals surface area contributed by atoms with Crippen molar-refractivity contribution in [3.8, 4) is 0 Å². The summed E-state index contributed by atoms with van der Waals surface area (Å²) in [5.41, 5.74) is 5.69. The van der Waals surface area contributed by atoms with Gasteiger partial charge in [-0.1, -0.05) is 27.2 Å². The normalized spacial score (nSPS) is 14.6. The third-order valence-electron chi connectivity index (χ3n) is 1.39. The van der Waals surface area contributed by atoms with E-state index in [0.29, 0.717) is 12.0 Å². The molecular weight excluding hydrogens is 98.1 g/mol. The van der Waals surface area contributed by atoms with Gasteiger partial charge in [-0.15, -0.1) is 0 Å². The lowest BCUT2D eigenvalue weighted by atomic mass is 10.0. The standard InChI is InChI=1S/C7H16N/c1-4-5-7(8)6(2)3/h6-7H,1,4-5,8H2,2-3H3. The Morgan fingerprint density at radius 3 is 2.12 bits per heavy atom. The lowest BCUT2D eigenvalue weighted by Crippen LogP contribution is -2.25. The molecule has 0 fully saturated rings. The fourth-order valence-corrected chi connectivity index (χ4v) is 0.569. The van der Waals surface area contributed by atoms with Gasteiger partial charge in [-0.05, 0) is 12.3 Å². The summed E-state index contributed by atoms with van der Waals surface area (Å²) in [6.45, 7) is 8.01. The fourth-order valence-electron chi connectivity index (χ4n) is 0.569. The van der Waals surface area contributed by atoms with E-state index in [1.807, 2.05) is 0 Å². The molecule has 0 aromatic carbocycles. The summed E-state index contributed by atoms with van der Waals surface area (Å²) >= 11 is 0. The van der Waals surface area contributed by atoms with Crippen molar-refractivity contribution in [2.24, 2.45) is 11.7 Å². The molecule has 0 saturated carbocycles. The average Bonchev–Trinajstić information content (AvgIpc) is 1.67. The van der Waals surface area contributed by atoms with Crippen LogP contribution in [0.25, 0.3) is 0 Å². The van der Waals surface area contributed by atoms with E-state index in [1.165, 1.54) is 0 Å². The van der Waals surface area contributed by atoms with Gasteiger partial charge >= 0.3 is 0 Å². The van der Waals surface area contributed by atoms with Crippen LogP contribution in [0.1, 0.15) is 26.7 Å². The second kappa shape index (κ2) is 3.90. The maximum atomic E-state index is 5.69. The minimum atomic E-state index is 0.354. The van der Waals surface area contributed by atoms with Crippen molar-refractivity contribution in [3.63, 3.8) is 0 Å². The van der Waals surface area contributed by atoms with E-state index in [0.717, 1.165) is 12.8 Å². The summed E-state index contributed by atoms with van der Waals surface area (Å²) in [6, 6.07) is 0.354. The van der Waals surface area contributed by atoms with Crippen molar-refractivity contribution in [1.82, 2.24) is 0 Å². The fraction of sp³-hybridized carbons (Fsp3) is 0.857. The molecule has 8 heavy (non-hydrogen) atoms. The van der Waals surface area contributed by atoms with Gasteiger partial charge in [0.05, 0.1) is 0 Å². The first-order valence-corrected chi connectivity index (χ1v) is 3.23. The van der Waals surface area contributed by atoms with Crippen LogP contribution in [0.3, 0.4) is 0 Å². The minimum absolute atomic E-state index is 0.354. The zero-order chi connectivity index (χ0) is 6.57. The zero-order valence-corrected chi connectivity index (χ0v) is 5.85. The smallest absolute Gasteiger partial charge is 0.00618 e. The molecule has 0 rings (SSSR count).